The van der Waals surface area contributed by atoms with Gasteiger partial charge in [0, 0.05) is 24.1 Å². The molecule has 1 N–H and O–H groups in total. The van der Waals surface area contributed by atoms with Crippen molar-refractivity contribution in [2.45, 2.75) is 0 Å². The minimum absolute atomic E-state index is 0.247. The summed E-state index contributed by atoms with van der Waals surface area (Å²) in [6.45, 7) is 3.64. The SMILES string of the molecule is O=C(Nc1ccc2c(c1)OCCOCCOCCOCCO2)c1cccnc1. The van der Waals surface area contributed by atoms with E-state index in [0.717, 1.165) is 0 Å². The van der Waals surface area contributed by atoms with E-state index in [9.17, 15) is 4.79 Å². The highest BCUT2D eigenvalue weighted by molar-refractivity contribution is 6.04. The number of fused-ring (bicyclic) bond motifs is 1. The average molecular weight is 388 g/mol. The van der Waals surface area contributed by atoms with Crippen LogP contribution in [0.2, 0.25) is 0 Å². The summed E-state index contributed by atoms with van der Waals surface area (Å²) < 4.78 is 27.9. The molecule has 0 saturated heterocycles. The van der Waals surface area contributed by atoms with Crippen molar-refractivity contribution < 1.29 is 28.5 Å². The Morgan fingerprint density at radius 1 is 0.821 bits per heavy atom. The first-order valence-corrected chi connectivity index (χ1v) is 9.17. The number of rotatable bonds is 2. The molecule has 150 valence electrons. The van der Waals surface area contributed by atoms with Crippen molar-refractivity contribution in [2.24, 2.45) is 0 Å². The molecular weight excluding hydrogens is 364 g/mol. The van der Waals surface area contributed by atoms with Crippen LogP contribution in [0.5, 0.6) is 11.5 Å². The minimum atomic E-state index is -0.247. The van der Waals surface area contributed by atoms with Crippen LogP contribution >= 0.6 is 0 Å². The molecule has 0 spiro atoms. The van der Waals surface area contributed by atoms with Crippen molar-refractivity contribution in [2.75, 3.05) is 58.2 Å². The van der Waals surface area contributed by atoms with Gasteiger partial charge < -0.3 is 29.0 Å². The molecule has 8 heteroatoms. The molecule has 0 unspecified atom stereocenters. The Morgan fingerprint density at radius 2 is 1.46 bits per heavy atom. The second kappa shape index (κ2) is 11.2. The molecule has 28 heavy (non-hydrogen) atoms. The summed E-state index contributed by atoms with van der Waals surface area (Å²) in [6.07, 6.45) is 3.13. The monoisotopic (exact) mass is 388 g/mol. The van der Waals surface area contributed by atoms with E-state index in [1.54, 1.807) is 36.5 Å². The van der Waals surface area contributed by atoms with Crippen LogP contribution in [0.3, 0.4) is 0 Å². The Kier molecular flexibility index (Phi) is 8.05. The molecule has 0 fully saturated rings. The number of pyridine rings is 1. The lowest BCUT2D eigenvalue weighted by Gasteiger charge is -2.15. The average Bonchev–Trinajstić information content (AvgIpc) is 2.73. The zero-order chi connectivity index (χ0) is 19.4. The van der Waals surface area contributed by atoms with Gasteiger partial charge in [0.2, 0.25) is 0 Å². The molecule has 1 aliphatic rings. The number of hydrogen-bond acceptors (Lipinski definition) is 7. The first-order valence-electron chi connectivity index (χ1n) is 9.17. The molecule has 2 aromatic rings. The van der Waals surface area contributed by atoms with Crippen LogP contribution in [-0.2, 0) is 14.2 Å². The van der Waals surface area contributed by atoms with E-state index < -0.39 is 0 Å². The third kappa shape index (κ3) is 6.49. The van der Waals surface area contributed by atoms with Crippen molar-refractivity contribution in [3.8, 4) is 11.5 Å². The summed E-state index contributed by atoms with van der Waals surface area (Å²) >= 11 is 0. The Balaban J connectivity index is 1.66. The number of nitrogens with one attached hydrogen (secondary N) is 1. The number of aromatic nitrogens is 1. The summed E-state index contributed by atoms with van der Waals surface area (Å²) in [6, 6.07) is 8.66. The number of nitrogens with zero attached hydrogens (tertiary/aromatic N) is 1. The van der Waals surface area contributed by atoms with Gasteiger partial charge in [0.15, 0.2) is 11.5 Å². The lowest BCUT2D eigenvalue weighted by molar-refractivity contribution is 0.00708. The third-order valence-corrected chi connectivity index (χ3v) is 3.84. The van der Waals surface area contributed by atoms with Crippen molar-refractivity contribution in [3.05, 3.63) is 48.3 Å². The smallest absolute Gasteiger partial charge is 0.257 e. The largest absolute Gasteiger partial charge is 0.487 e. The second-order valence-electron chi connectivity index (χ2n) is 5.89. The molecule has 0 atom stereocenters. The van der Waals surface area contributed by atoms with Gasteiger partial charge >= 0.3 is 0 Å². The minimum Gasteiger partial charge on any atom is -0.487 e. The number of hydrogen-bond donors (Lipinski definition) is 1. The predicted octanol–water partition coefficient (Wildman–Crippen LogP) is 2.15. The van der Waals surface area contributed by atoms with Crippen LogP contribution in [0.4, 0.5) is 5.69 Å². The molecule has 2 heterocycles. The van der Waals surface area contributed by atoms with E-state index in [1.165, 1.54) is 6.20 Å². The Morgan fingerprint density at radius 3 is 2.11 bits per heavy atom. The highest BCUT2D eigenvalue weighted by atomic mass is 16.6. The maximum absolute atomic E-state index is 12.3. The Labute approximate surface area is 163 Å². The third-order valence-electron chi connectivity index (χ3n) is 3.84. The normalized spacial score (nSPS) is 16.4. The lowest BCUT2D eigenvalue weighted by Crippen LogP contribution is -2.13. The van der Waals surface area contributed by atoms with Gasteiger partial charge in [-0.25, -0.2) is 0 Å². The molecule has 0 radical (unpaired) electrons. The van der Waals surface area contributed by atoms with E-state index in [-0.39, 0.29) is 5.91 Å². The summed E-state index contributed by atoms with van der Waals surface area (Å²) in [4.78, 5) is 16.3. The van der Waals surface area contributed by atoms with Crippen LogP contribution < -0.4 is 14.8 Å². The van der Waals surface area contributed by atoms with Crippen LogP contribution in [0, 0.1) is 0 Å². The van der Waals surface area contributed by atoms with Crippen LogP contribution in [-0.4, -0.2) is 63.7 Å². The highest BCUT2D eigenvalue weighted by Gasteiger charge is 2.11. The molecule has 1 aliphatic heterocycles. The fourth-order valence-corrected chi connectivity index (χ4v) is 2.48. The summed E-state index contributed by atoms with van der Waals surface area (Å²) in [5.74, 6) is 0.857. The topological polar surface area (TPSA) is 88.1 Å². The van der Waals surface area contributed by atoms with E-state index >= 15 is 0 Å². The van der Waals surface area contributed by atoms with E-state index in [1.807, 2.05) is 0 Å². The number of amides is 1. The van der Waals surface area contributed by atoms with Gasteiger partial charge in [-0.15, -0.1) is 0 Å². The Bertz CT molecular complexity index is 741. The first kappa shape index (κ1) is 20.1. The summed E-state index contributed by atoms with van der Waals surface area (Å²) in [5, 5.41) is 2.83. The number of carbonyl (C=O) groups is 1. The molecule has 1 aromatic heterocycles. The van der Waals surface area contributed by atoms with E-state index in [0.29, 0.717) is 75.6 Å². The number of ether oxygens (including phenoxy) is 5. The molecule has 0 saturated carbocycles. The van der Waals surface area contributed by atoms with Crippen LogP contribution in [0.25, 0.3) is 0 Å². The molecule has 1 aromatic carbocycles. The number of carbonyl (C=O) groups excluding carboxylic acids is 1. The van der Waals surface area contributed by atoms with Gasteiger partial charge in [0.05, 0.1) is 45.2 Å². The standard InChI is InChI=1S/C20H24N2O6/c23-20(16-2-1-5-21-15-16)22-17-3-4-18-19(14-17)28-13-11-26-9-7-24-6-8-25-10-12-27-18/h1-5,14-15H,6-13H2,(H,22,23). The van der Waals surface area contributed by atoms with Crippen molar-refractivity contribution in [1.29, 1.82) is 0 Å². The molecule has 8 nitrogen and oxygen atoms in total. The molecule has 0 aliphatic carbocycles. The first-order chi connectivity index (χ1) is 13.8. The van der Waals surface area contributed by atoms with Crippen molar-refractivity contribution >= 4 is 11.6 Å². The van der Waals surface area contributed by atoms with Crippen LogP contribution in [0.15, 0.2) is 42.7 Å². The maximum Gasteiger partial charge on any atom is 0.257 e. The zero-order valence-corrected chi connectivity index (χ0v) is 15.6. The quantitative estimate of drug-likeness (QED) is 0.843. The van der Waals surface area contributed by atoms with E-state index in [2.05, 4.69) is 10.3 Å². The van der Waals surface area contributed by atoms with Gasteiger partial charge in [0.1, 0.15) is 13.2 Å². The fraction of sp³-hybridized carbons (Fsp3) is 0.400. The Hall–Kier alpha value is -2.68. The summed E-state index contributed by atoms with van der Waals surface area (Å²) in [7, 11) is 0. The molecule has 3 rings (SSSR count). The van der Waals surface area contributed by atoms with E-state index in [4.69, 9.17) is 23.7 Å². The van der Waals surface area contributed by atoms with Crippen molar-refractivity contribution in [1.82, 2.24) is 4.98 Å². The van der Waals surface area contributed by atoms with Crippen LogP contribution in [0.1, 0.15) is 10.4 Å². The lowest BCUT2D eigenvalue weighted by atomic mass is 10.2. The molecule has 1 amide bonds. The van der Waals surface area contributed by atoms with Gasteiger partial charge in [-0.1, -0.05) is 0 Å². The predicted molar refractivity (Wildman–Crippen MR) is 102 cm³/mol. The second-order valence-corrected chi connectivity index (χ2v) is 5.89. The highest BCUT2D eigenvalue weighted by Crippen LogP contribution is 2.31. The number of benzene rings is 1. The zero-order valence-electron chi connectivity index (χ0n) is 15.6. The van der Waals surface area contributed by atoms with Gasteiger partial charge in [-0.3, -0.25) is 9.78 Å². The fourth-order valence-electron chi connectivity index (χ4n) is 2.48. The van der Waals surface area contributed by atoms with Gasteiger partial charge in [-0.2, -0.15) is 0 Å². The van der Waals surface area contributed by atoms with Crippen molar-refractivity contribution in [3.63, 3.8) is 0 Å². The molecule has 0 bridgehead atoms. The number of anilines is 1. The molecular formula is C20H24N2O6. The maximum atomic E-state index is 12.3. The van der Waals surface area contributed by atoms with Gasteiger partial charge in [-0.05, 0) is 24.3 Å². The summed E-state index contributed by atoms with van der Waals surface area (Å²) in [5.41, 5.74) is 1.07. The van der Waals surface area contributed by atoms with Gasteiger partial charge in [0.25, 0.3) is 5.91 Å².